The van der Waals surface area contributed by atoms with Crippen LogP contribution in [-0.4, -0.2) is 10.8 Å². The molecule has 0 aliphatic rings. The number of nitrogens with zero attached hydrogens (tertiary/aromatic N) is 2. The lowest BCUT2D eigenvalue weighted by molar-refractivity contribution is 0.103. The molecule has 3 nitrogen and oxygen atoms in total. The number of aromatic nitrogens is 1. The summed E-state index contributed by atoms with van der Waals surface area (Å²) in [5, 5.41) is 11.6. The molecule has 19 heavy (non-hydrogen) atoms. The Morgan fingerprint density at radius 2 is 2.21 bits per heavy atom. The van der Waals surface area contributed by atoms with Crippen LogP contribution in [0.4, 0.5) is 4.39 Å². The number of carbonyl (C=O) groups is 1. The van der Waals surface area contributed by atoms with E-state index in [0.717, 1.165) is 5.01 Å². The Morgan fingerprint density at radius 3 is 2.79 bits per heavy atom. The topological polar surface area (TPSA) is 53.8 Å². The van der Waals surface area contributed by atoms with Crippen molar-refractivity contribution in [2.75, 3.05) is 0 Å². The lowest BCUT2D eigenvalue weighted by atomic mass is 10.0. The van der Waals surface area contributed by atoms with Crippen LogP contribution in [0.25, 0.3) is 6.08 Å². The van der Waals surface area contributed by atoms with Crippen LogP contribution in [0, 0.1) is 24.1 Å². The molecule has 0 aliphatic carbocycles. The van der Waals surface area contributed by atoms with Crippen LogP contribution in [0.1, 0.15) is 21.1 Å². The van der Waals surface area contributed by atoms with Crippen LogP contribution in [0.3, 0.4) is 0 Å². The van der Waals surface area contributed by atoms with E-state index < -0.39 is 11.6 Å². The number of hydrogen-bond donors (Lipinski definition) is 0. The van der Waals surface area contributed by atoms with Gasteiger partial charge in [-0.2, -0.15) is 5.26 Å². The fraction of sp³-hybridized carbons (Fsp3) is 0.0714. The maximum Gasteiger partial charge on any atom is 0.206 e. The summed E-state index contributed by atoms with van der Waals surface area (Å²) in [6.07, 6.45) is 1.37. The van der Waals surface area contributed by atoms with Crippen molar-refractivity contribution >= 4 is 23.2 Å². The molecule has 0 radical (unpaired) electrons. The second-order valence-electron chi connectivity index (χ2n) is 3.77. The molecule has 0 unspecified atom stereocenters. The molecule has 0 N–H and O–H groups in total. The summed E-state index contributed by atoms with van der Waals surface area (Å²) in [5.41, 5.74) is 0.293. The summed E-state index contributed by atoms with van der Waals surface area (Å²) in [6.45, 7) is 1.83. The zero-order valence-corrected chi connectivity index (χ0v) is 10.9. The predicted molar refractivity (Wildman–Crippen MR) is 71.2 cm³/mol. The Labute approximate surface area is 113 Å². The molecule has 0 bridgehead atoms. The molecule has 0 amide bonds. The summed E-state index contributed by atoms with van der Waals surface area (Å²) in [5.74, 6) is -1.27. The summed E-state index contributed by atoms with van der Waals surface area (Å²) in [7, 11) is 0. The third kappa shape index (κ3) is 2.92. The van der Waals surface area contributed by atoms with E-state index in [2.05, 4.69) is 4.98 Å². The van der Waals surface area contributed by atoms with E-state index in [1.54, 1.807) is 17.5 Å². The highest BCUT2D eigenvalue weighted by Crippen LogP contribution is 2.16. The second-order valence-corrected chi connectivity index (χ2v) is 4.83. The van der Waals surface area contributed by atoms with E-state index in [1.807, 2.05) is 6.92 Å². The van der Waals surface area contributed by atoms with Gasteiger partial charge in [0.05, 0.1) is 16.3 Å². The third-order valence-electron chi connectivity index (χ3n) is 2.41. The minimum Gasteiger partial charge on any atom is -0.288 e. The molecule has 94 valence electrons. The average Bonchev–Trinajstić information content (AvgIpc) is 2.81. The normalized spacial score (nSPS) is 11.1. The highest BCUT2D eigenvalue weighted by Gasteiger charge is 2.16. The summed E-state index contributed by atoms with van der Waals surface area (Å²) in [4.78, 5) is 16.2. The number of allylic oxidation sites excluding steroid dienone is 1. The van der Waals surface area contributed by atoms with E-state index in [1.165, 1.54) is 35.6 Å². The molecule has 0 saturated carbocycles. The van der Waals surface area contributed by atoms with E-state index in [9.17, 15) is 9.18 Å². The molecule has 5 heteroatoms. The van der Waals surface area contributed by atoms with Crippen LogP contribution < -0.4 is 0 Å². The molecular formula is C14H9FN2OS. The number of hydrogen-bond acceptors (Lipinski definition) is 4. The quantitative estimate of drug-likeness (QED) is 0.489. The largest absolute Gasteiger partial charge is 0.288 e. The van der Waals surface area contributed by atoms with Gasteiger partial charge < -0.3 is 0 Å². The number of carbonyl (C=O) groups excluding carboxylic acids is 1. The van der Waals surface area contributed by atoms with Crippen LogP contribution in [-0.2, 0) is 0 Å². The summed E-state index contributed by atoms with van der Waals surface area (Å²) in [6, 6.07) is 7.39. The molecule has 0 saturated heterocycles. The number of Topliss-reactive ketones (excluding diaryl/α,β-unsaturated/α-hetero) is 1. The maximum absolute atomic E-state index is 13.5. The van der Waals surface area contributed by atoms with Gasteiger partial charge in [-0.3, -0.25) is 4.79 Å². The van der Waals surface area contributed by atoms with Gasteiger partial charge in [-0.1, -0.05) is 12.1 Å². The highest BCUT2D eigenvalue weighted by atomic mass is 32.1. The molecule has 1 aromatic carbocycles. The summed E-state index contributed by atoms with van der Waals surface area (Å²) >= 11 is 1.42. The first kappa shape index (κ1) is 13.1. The molecule has 0 fully saturated rings. The van der Waals surface area contributed by atoms with Crippen molar-refractivity contribution in [3.8, 4) is 6.07 Å². The first-order chi connectivity index (χ1) is 9.11. The Hall–Kier alpha value is -2.32. The fourth-order valence-electron chi connectivity index (χ4n) is 1.53. The second kappa shape index (κ2) is 5.55. The monoisotopic (exact) mass is 272 g/mol. The van der Waals surface area contributed by atoms with Crippen molar-refractivity contribution in [1.82, 2.24) is 4.98 Å². The number of ketones is 1. The molecule has 0 atom stereocenters. The molecule has 2 aromatic rings. The van der Waals surface area contributed by atoms with Crippen molar-refractivity contribution < 1.29 is 9.18 Å². The molecule has 2 rings (SSSR count). The minimum atomic E-state index is -0.636. The third-order valence-corrected chi connectivity index (χ3v) is 3.20. The lowest BCUT2D eigenvalue weighted by Gasteiger charge is -2.00. The Kier molecular flexibility index (Phi) is 3.83. The van der Waals surface area contributed by atoms with Crippen LogP contribution in [0.5, 0.6) is 0 Å². The zero-order chi connectivity index (χ0) is 13.8. The van der Waals surface area contributed by atoms with E-state index in [4.69, 9.17) is 5.26 Å². The van der Waals surface area contributed by atoms with Crippen molar-refractivity contribution in [1.29, 1.82) is 5.26 Å². The van der Waals surface area contributed by atoms with Crippen molar-refractivity contribution in [3.63, 3.8) is 0 Å². The van der Waals surface area contributed by atoms with Gasteiger partial charge in [0, 0.05) is 5.38 Å². The number of aryl methyl sites for hydroxylation is 1. The number of nitriles is 1. The zero-order valence-electron chi connectivity index (χ0n) is 10.1. The molecular weight excluding hydrogens is 263 g/mol. The van der Waals surface area contributed by atoms with Crippen molar-refractivity contribution in [3.05, 3.63) is 57.3 Å². The first-order valence-corrected chi connectivity index (χ1v) is 6.33. The van der Waals surface area contributed by atoms with E-state index >= 15 is 0 Å². The minimum absolute atomic E-state index is 0.109. The van der Waals surface area contributed by atoms with E-state index in [-0.39, 0.29) is 11.1 Å². The number of halogens is 1. The summed E-state index contributed by atoms with van der Waals surface area (Å²) < 4.78 is 13.5. The molecule has 1 heterocycles. The van der Waals surface area contributed by atoms with Gasteiger partial charge in [0.1, 0.15) is 17.5 Å². The number of rotatable bonds is 3. The molecule has 0 aliphatic heterocycles. The van der Waals surface area contributed by atoms with E-state index in [0.29, 0.717) is 5.69 Å². The van der Waals surface area contributed by atoms with Crippen LogP contribution in [0.2, 0.25) is 0 Å². The maximum atomic E-state index is 13.5. The van der Waals surface area contributed by atoms with Crippen molar-refractivity contribution in [2.45, 2.75) is 6.92 Å². The van der Waals surface area contributed by atoms with Crippen LogP contribution in [0.15, 0.2) is 35.2 Å². The SMILES string of the molecule is Cc1nc(/C=C(\C#N)C(=O)c2ccccc2F)cs1. The Morgan fingerprint density at radius 1 is 1.47 bits per heavy atom. The molecule has 0 spiro atoms. The van der Waals surface area contributed by atoms with Gasteiger partial charge in [-0.05, 0) is 25.1 Å². The fourth-order valence-corrected chi connectivity index (χ4v) is 2.10. The van der Waals surface area contributed by atoms with Crippen LogP contribution >= 0.6 is 11.3 Å². The standard InChI is InChI=1S/C14H9FN2OS/c1-9-17-11(8-19-9)6-10(7-16)14(18)12-4-2-3-5-13(12)15/h2-6,8H,1H3/b10-6+. The van der Waals surface area contributed by atoms with Gasteiger partial charge in [0.25, 0.3) is 0 Å². The highest BCUT2D eigenvalue weighted by molar-refractivity contribution is 7.09. The Balaban J connectivity index is 2.39. The van der Waals surface area contributed by atoms with Gasteiger partial charge in [-0.25, -0.2) is 9.37 Å². The van der Waals surface area contributed by atoms with Gasteiger partial charge >= 0.3 is 0 Å². The Bertz CT molecular complexity index is 697. The lowest BCUT2D eigenvalue weighted by Crippen LogP contribution is -2.04. The predicted octanol–water partition coefficient (Wildman–Crippen LogP) is 3.38. The smallest absolute Gasteiger partial charge is 0.206 e. The van der Waals surface area contributed by atoms with Gasteiger partial charge in [0.15, 0.2) is 0 Å². The first-order valence-electron chi connectivity index (χ1n) is 5.45. The number of thiazole rings is 1. The average molecular weight is 272 g/mol. The number of benzene rings is 1. The molecule has 1 aromatic heterocycles. The van der Waals surface area contributed by atoms with Gasteiger partial charge in [-0.15, -0.1) is 11.3 Å². The van der Waals surface area contributed by atoms with Crippen molar-refractivity contribution in [2.24, 2.45) is 0 Å². The van der Waals surface area contributed by atoms with Gasteiger partial charge in [0.2, 0.25) is 5.78 Å².